The average Bonchev–Trinajstić information content (AvgIpc) is 2.70. The smallest absolute Gasteiger partial charge is 0.168 e. The number of rotatable bonds is 5. The fourth-order valence-electron chi connectivity index (χ4n) is 4.38. The molecule has 0 aliphatic heterocycles. The lowest BCUT2D eigenvalue weighted by atomic mass is 9.78. The molecule has 0 amide bonds. The molecule has 168 valence electrons. The minimum absolute atomic E-state index is 0.0204. The topological polar surface area (TPSA) is 76.0 Å². The molecule has 1 aromatic carbocycles. The van der Waals surface area contributed by atoms with Gasteiger partial charge in [0.1, 0.15) is 12.4 Å². The second kappa shape index (κ2) is 11.6. The second-order valence-corrected chi connectivity index (χ2v) is 8.23. The van der Waals surface area contributed by atoms with Gasteiger partial charge in [-0.1, -0.05) is 35.9 Å². The number of ketones is 2. The molecular formula is C26H35NO4. The molecule has 3 rings (SSSR count). The Morgan fingerprint density at radius 1 is 1.13 bits per heavy atom. The van der Waals surface area contributed by atoms with Crippen LogP contribution in [-0.2, 0) is 14.4 Å². The number of benzene rings is 1. The summed E-state index contributed by atoms with van der Waals surface area (Å²) in [7, 11) is 0. The summed E-state index contributed by atoms with van der Waals surface area (Å²) < 4.78 is 0. The molecule has 1 unspecified atom stereocenters. The number of carbonyl (C=O) groups is 2. The van der Waals surface area contributed by atoms with E-state index in [0.29, 0.717) is 37.2 Å². The maximum absolute atomic E-state index is 12.7. The molecule has 31 heavy (non-hydrogen) atoms. The largest absolute Gasteiger partial charge is 0.511 e. The molecule has 2 aliphatic carbocycles. The van der Waals surface area contributed by atoms with Crippen molar-refractivity contribution in [2.75, 3.05) is 6.61 Å². The van der Waals surface area contributed by atoms with E-state index in [4.69, 9.17) is 4.84 Å². The molecular weight excluding hydrogens is 390 g/mol. The van der Waals surface area contributed by atoms with Gasteiger partial charge >= 0.3 is 0 Å². The van der Waals surface area contributed by atoms with Crippen molar-refractivity contribution in [3.63, 3.8) is 0 Å². The Kier molecular flexibility index (Phi) is 9.22. The van der Waals surface area contributed by atoms with Crippen LogP contribution in [0.5, 0.6) is 0 Å². The van der Waals surface area contributed by atoms with E-state index in [2.05, 4.69) is 38.1 Å². The summed E-state index contributed by atoms with van der Waals surface area (Å²) in [4.78, 5) is 28.2. The van der Waals surface area contributed by atoms with Gasteiger partial charge in [0, 0.05) is 19.3 Å². The third-order valence-corrected chi connectivity index (χ3v) is 5.61. The van der Waals surface area contributed by atoms with Crippen molar-refractivity contribution in [1.29, 1.82) is 0 Å². The molecule has 0 saturated heterocycles. The van der Waals surface area contributed by atoms with Gasteiger partial charge in [0.15, 0.2) is 11.6 Å². The van der Waals surface area contributed by atoms with Gasteiger partial charge in [-0.2, -0.15) is 0 Å². The van der Waals surface area contributed by atoms with Crippen LogP contribution >= 0.6 is 0 Å². The highest BCUT2D eigenvalue weighted by molar-refractivity contribution is 6.23. The monoisotopic (exact) mass is 425 g/mol. The number of hydrogen-bond donors (Lipinski definition) is 1. The Morgan fingerprint density at radius 2 is 1.81 bits per heavy atom. The third kappa shape index (κ3) is 6.65. The van der Waals surface area contributed by atoms with Crippen LogP contribution in [0.1, 0.15) is 80.5 Å². The van der Waals surface area contributed by atoms with Crippen LogP contribution in [0, 0.1) is 20.8 Å². The van der Waals surface area contributed by atoms with Gasteiger partial charge < -0.3 is 9.94 Å². The molecule has 2 aliphatic rings. The fourth-order valence-corrected chi connectivity index (χ4v) is 4.38. The predicted octanol–water partition coefficient (Wildman–Crippen LogP) is 5.97. The molecule has 0 aromatic heterocycles. The van der Waals surface area contributed by atoms with E-state index in [1.807, 2.05) is 19.9 Å². The van der Waals surface area contributed by atoms with Crippen molar-refractivity contribution in [3.05, 3.63) is 57.9 Å². The van der Waals surface area contributed by atoms with Crippen molar-refractivity contribution in [2.45, 2.75) is 79.1 Å². The number of oxime groups is 1. The van der Waals surface area contributed by atoms with E-state index in [0.717, 1.165) is 19.3 Å². The van der Waals surface area contributed by atoms with Gasteiger partial charge in [-0.3, -0.25) is 9.59 Å². The third-order valence-electron chi connectivity index (χ3n) is 5.61. The van der Waals surface area contributed by atoms with E-state index in [1.54, 1.807) is 6.08 Å². The molecule has 1 atom stereocenters. The zero-order valence-electron chi connectivity index (χ0n) is 19.5. The van der Waals surface area contributed by atoms with Gasteiger partial charge in [-0.25, -0.2) is 0 Å². The number of hydrogen-bond acceptors (Lipinski definition) is 5. The summed E-state index contributed by atoms with van der Waals surface area (Å²) in [6.07, 6.45) is 7.93. The minimum atomic E-state index is -0.0524. The van der Waals surface area contributed by atoms with Crippen molar-refractivity contribution >= 4 is 17.3 Å². The number of Topliss-reactive ketones (excluding diaryl/α,β-unsaturated/α-hetero) is 1. The molecule has 0 heterocycles. The van der Waals surface area contributed by atoms with E-state index < -0.39 is 0 Å². The highest BCUT2D eigenvalue weighted by atomic mass is 16.6. The van der Waals surface area contributed by atoms with Gasteiger partial charge in [0.2, 0.25) is 0 Å². The zero-order chi connectivity index (χ0) is 23.0. The van der Waals surface area contributed by atoms with Crippen LogP contribution in [0.3, 0.4) is 0 Å². The lowest BCUT2D eigenvalue weighted by Crippen LogP contribution is -2.24. The van der Waals surface area contributed by atoms with Crippen molar-refractivity contribution in [2.24, 2.45) is 5.16 Å². The van der Waals surface area contributed by atoms with Crippen LogP contribution in [-0.4, -0.2) is 29.0 Å². The van der Waals surface area contributed by atoms with Gasteiger partial charge in [-0.05, 0) is 75.6 Å². The quantitative estimate of drug-likeness (QED) is 0.466. The standard InChI is InChI=1S/C20H27NO3.C6H8O/c1-6-16(21-24-7-2)20-17(22)10-15(11-18(20)23)19-13(4)8-12(3)9-14(19)5;7-6-4-2-1-3-5-6/h8-9,15,22H,6-7,10-11H2,1-5H3;2,4H,1,3,5H2/b21-16+;. The summed E-state index contributed by atoms with van der Waals surface area (Å²) in [6.45, 7) is 10.4. The summed E-state index contributed by atoms with van der Waals surface area (Å²) in [5.74, 6) is 0.387. The number of allylic oxidation sites excluding steroid dienone is 4. The van der Waals surface area contributed by atoms with Crippen LogP contribution in [0.4, 0.5) is 0 Å². The highest BCUT2D eigenvalue weighted by Crippen LogP contribution is 2.37. The molecule has 0 spiro atoms. The summed E-state index contributed by atoms with van der Waals surface area (Å²) in [5, 5.41) is 14.5. The first-order valence-corrected chi connectivity index (χ1v) is 11.2. The molecule has 5 nitrogen and oxygen atoms in total. The Hall–Kier alpha value is -2.69. The first-order chi connectivity index (χ1) is 14.8. The number of aryl methyl sites for hydroxylation is 3. The molecule has 5 heteroatoms. The van der Waals surface area contributed by atoms with E-state index in [1.165, 1.54) is 22.3 Å². The summed E-state index contributed by atoms with van der Waals surface area (Å²) >= 11 is 0. The summed E-state index contributed by atoms with van der Waals surface area (Å²) in [5.41, 5.74) is 5.65. The molecule has 0 radical (unpaired) electrons. The van der Waals surface area contributed by atoms with Crippen LogP contribution in [0.25, 0.3) is 0 Å². The average molecular weight is 426 g/mol. The van der Waals surface area contributed by atoms with Gasteiger partial charge in [0.05, 0.1) is 11.3 Å². The highest BCUT2D eigenvalue weighted by Gasteiger charge is 2.32. The Labute approximate surface area is 185 Å². The second-order valence-electron chi connectivity index (χ2n) is 8.23. The molecule has 1 N–H and O–H groups in total. The van der Waals surface area contributed by atoms with Gasteiger partial charge in [0.25, 0.3) is 0 Å². The van der Waals surface area contributed by atoms with Crippen LogP contribution in [0.15, 0.2) is 40.8 Å². The molecule has 0 saturated carbocycles. The van der Waals surface area contributed by atoms with Gasteiger partial charge in [-0.15, -0.1) is 0 Å². The minimum Gasteiger partial charge on any atom is -0.511 e. The SMILES string of the molecule is CCO/N=C(\CC)C1=C(O)CC(c2c(C)cc(C)cc2C)CC1=O.O=C1C=CCCC1. The molecule has 0 fully saturated rings. The fraction of sp³-hybridized carbons (Fsp3) is 0.500. The Bertz CT molecular complexity index is 885. The number of carbonyl (C=O) groups excluding carboxylic acids is 2. The molecule has 1 aromatic rings. The first-order valence-electron chi connectivity index (χ1n) is 11.2. The number of aliphatic hydroxyl groups is 1. The predicted molar refractivity (Wildman–Crippen MR) is 125 cm³/mol. The van der Waals surface area contributed by atoms with Crippen molar-refractivity contribution in [1.82, 2.24) is 0 Å². The Morgan fingerprint density at radius 3 is 2.26 bits per heavy atom. The number of aliphatic hydroxyl groups excluding tert-OH is 1. The van der Waals surface area contributed by atoms with E-state index in [9.17, 15) is 14.7 Å². The number of nitrogens with zero attached hydrogens (tertiary/aromatic N) is 1. The lowest BCUT2D eigenvalue weighted by molar-refractivity contribution is -0.116. The van der Waals surface area contributed by atoms with E-state index in [-0.39, 0.29) is 23.2 Å². The first kappa shape index (κ1) is 24.6. The zero-order valence-corrected chi connectivity index (χ0v) is 19.5. The van der Waals surface area contributed by atoms with Crippen molar-refractivity contribution < 1.29 is 19.5 Å². The molecule has 0 bridgehead atoms. The van der Waals surface area contributed by atoms with Crippen molar-refractivity contribution in [3.8, 4) is 0 Å². The van der Waals surface area contributed by atoms with Crippen LogP contribution < -0.4 is 0 Å². The Balaban J connectivity index is 0.000000412. The lowest BCUT2D eigenvalue weighted by Gasteiger charge is -2.27. The maximum Gasteiger partial charge on any atom is 0.168 e. The maximum atomic E-state index is 12.7. The summed E-state index contributed by atoms with van der Waals surface area (Å²) in [6, 6.07) is 4.27. The normalized spacial score (nSPS) is 19.3. The van der Waals surface area contributed by atoms with E-state index >= 15 is 0 Å². The van der Waals surface area contributed by atoms with Crippen LogP contribution in [0.2, 0.25) is 0 Å².